The number of anilines is 1. The van der Waals surface area contributed by atoms with Gasteiger partial charge in [-0.1, -0.05) is 0 Å². The molecule has 16 heavy (non-hydrogen) atoms. The van der Waals surface area contributed by atoms with E-state index in [1.165, 1.54) is 0 Å². The molecule has 0 aliphatic carbocycles. The summed E-state index contributed by atoms with van der Waals surface area (Å²) in [6, 6.07) is 0.440. The molecule has 0 aliphatic heterocycles. The van der Waals surface area contributed by atoms with Crippen molar-refractivity contribution in [2.75, 3.05) is 30.5 Å². The van der Waals surface area contributed by atoms with Crippen LogP contribution in [-0.2, 0) is 6.42 Å². The molecule has 1 aromatic heterocycles. The highest BCUT2D eigenvalue weighted by Crippen LogP contribution is 2.11. The smallest absolute Gasteiger partial charge is 0.225 e. The molecule has 0 saturated carbocycles. The number of hydrogen-bond acceptors (Lipinski definition) is 5. The van der Waals surface area contributed by atoms with Crippen LogP contribution in [0.5, 0.6) is 0 Å². The summed E-state index contributed by atoms with van der Waals surface area (Å²) in [6.45, 7) is 2.81. The van der Waals surface area contributed by atoms with Crippen LogP contribution in [0.3, 0.4) is 0 Å². The van der Waals surface area contributed by atoms with Crippen LogP contribution in [-0.4, -0.2) is 41.6 Å². The fraction of sp³-hybridized carbons (Fsp3) is 0.636. The minimum absolute atomic E-state index is 0.440. The van der Waals surface area contributed by atoms with Crippen molar-refractivity contribution in [1.82, 2.24) is 9.97 Å². The van der Waals surface area contributed by atoms with Gasteiger partial charge in [0.15, 0.2) is 0 Å². The maximum Gasteiger partial charge on any atom is 0.225 e. The van der Waals surface area contributed by atoms with Gasteiger partial charge < -0.3 is 10.6 Å². The van der Waals surface area contributed by atoms with Gasteiger partial charge in [0.05, 0.1) is 0 Å². The van der Waals surface area contributed by atoms with Crippen molar-refractivity contribution in [2.45, 2.75) is 19.4 Å². The van der Waals surface area contributed by atoms with Crippen LogP contribution in [0.2, 0.25) is 0 Å². The van der Waals surface area contributed by atoms with Crippen molar-refractivity contribution in [2.24, 2.45) is 5.73 Å². The van der Waals surface area contributed by atoms with Gasteiger partial charge in [-0.05, 0) is 31.7 Å². The highest BCUT2D eigenvalue weighted by molar-refractivity contribution is 7.98. The fourth-order valence-corrected chi connectivity index (χ4v) is 2.08. The Hall–Kier alpha value is -0.810. The van der Waals surface area contributed by atoms with Crippen LogP contribution < -0.4 is 10.6 Å². The Morgan fingerprint density at radius 2 is 2.06 bits per heavy atom. The quantitative estimate of drug-likeness (QED) is 0.809. The average Bonchev–Trinajstić information content (AvgIpc) is 2.30. The third kappa shape index (κ3) is 3.64. The number of nitrogens with two attached hydrogens (primary N) is 1. The SMILES string of the molecule is CSCC(C)N(C)c1ncc(CCN)cn1. The summed E-state index contributed by atoms with van der Waals surface area (Å²) in [5.41, 5.74) is 6.57. The van der Waals surface area contributed by atoms with Crippen LogP contribution in [0, 0.1) is 0 Å². The molecule has 1 unspecified atom stereocenters. The number of aromatic nitrogens is 2. The standard InChI is InChI=1S/C11H20N4S/c1-9(8-16-3)15(2)11-13-6-10(4-5-12)7-14-11/h6-7,9H,4-5,8,12H2,1-3H3. The van der Waals surface area contributed by atoms with Gasteiger partial charge in [-0.15, -0.1) is 0 Å². The van der Waals surface area contributed by atoms with E-state index < -0.39 is 0 Å². The summed E-state index contributed by atoms with van der Waals surface area (Å²) in [5.74, 6) is 1.85. The molecular weight excluding hydrogens is 220 g/mol. The lowest BCUT2D eigenvalue weighted by Gasteiger charge is -2.24. The number of rotatable bonds is 6. The van der Waals surface area contributed by atoms with Crippen molar-refractivity contribution < 1.29 is 0 Å². The molecule has 0 bridgehead atoms. The van der Waals surface area contributed by atoms with Crippen LogP contribution in [0.15, 0.2) is 12.4 Å². The maximum atomic E-state index is 5.48. The second-order valence-electron chi connectivity index (χ2n) is 3.85. The third-order valence-electron chi connectivity index (χ3n) is 2.51. The van der Waals surface area contributed by atoms with Gasteiger partial charge in [0.1, 0.15) is 0 Å². The van der Waals surface area contributed by atoms with Crippen LogP contribution in [0.25, 0.3) is 0 Å². The van der Waals surface area contributed by atoms with E-state index in [0.29, 0.717) is 12.6 Å². The van der Waals surface area contributed by atoms with Crippen molar-refractivity contribution in [3.8, 4) is 0 Å². The normalized spacial score (nSPS) is 12.5. The Morgan fingerprint density at radius 3 is 2.56 bits per heavy atom. The van der Waals surface area contributed by atoms with Crippen molar-refractivity contribution in [1.29, 1.82) is 0 Å². The van der Waals surface area contributed by atoms with Crippen molar-refractivity contribution >= 4 is 17.7 Å². The summed E-state index contributed by atoms with van der Waals surface area (Å²) >= 11 is 1.83. The molecule has 4 nitrogen and oxygen atoms in total. The van der Waals surface area contributed by atoms with Gasteiger partial charge in [0, 0.05) is 31.2 Å². The maximum absolute atomic E-state index is 5.48. The molecule has 0 fully saturated rings. The highest BCUT2D eigenvalue weighted by atomic mass is 32.2. The molecule has 0 saturated heterocycles. The molecule has 0 aliphatic rings. The van der Waals surface area contributed by atoms with E-state index in [9.17, 15) is 0 Å². The molecule has 0 aromatic carbocycles. The number of hydrogen-bond donors (Lipinski definition) is 1. The van der Waals surface area contributed by atoms with Crippen LogP contribution in [0.4, 0.5) is 5.95 Å². The molecule has 90 valence electrons. The van der Waals surface area contributed by atoms with E-state index in [1.807, 2.05) is 31.2 Å². The van der Waals surface area contributed by atoms with E-state index in [-0.39, 0.29) is 0 Å². The summed E-state index contributed by atoms with van der Waals surface area (Å²) in [7, 11) is 2.03. The lowest BCUT2D eigenvalue weighted by molar-refractivity contribution is 0.736. The topological polar surface area (TPSA) is 55.0 Å². The van der Waals surface area contributed by atoms with E-state index in [0.717, 1.165) is 23.7 Å². The first-order valence-electron chi connectivity index (χ1n) is 5.41. The van der Waals surface area contributed by atoms with Crippen molar-refractivity contribution in [3.63, 3.8) is 0 Å². The van der Waals surface area contributed by atoms with Crippen LogP contribution >= 0.6 is 11.8 Å². The summed E-state index contributed by atoms with van der Waals surface area (Å²) in [6.07, 6.45) is 6.66. The lowest BCUT2D eigenvalue weighted by Crippen LogP contribution is -2.32. The first-order valence-corrected chi connectivity index (χ1v) is 6.81. The summed E-state index contributed by atoms with van der Waals surface area (Å²) in [5, 5.41) is 0. The van der Waals surface area contributed by atoms with Gasteiger partial charge in [-0.25, -0.2) is 9.97 Å². The molecule has 0 amide bonds. The second kappa shape index (κ2) is 6.70. The van der Waals surface area contributed by atoms with Gasteiger partial charge >= 0.3 is 0 Å². The predicted molar refractivity (Wildman–Crippen MR) is 71.0 cm³/mol. The molecule has 5 heteroatoms. The zero-order valence-electron chi connectivity index (χ0n) is 10.2. The van der Waals surface area contributed by atoms with E-state index >= 15 is 0 Å². The zero-order valence-corrected chi connectivity index (χ0v) is 11.0. The Kier molecular flexibility index (Phi) is 5.55. The second-order valence-corrected chi connectivity index (χ2v) is 4.76. The Bertz CT molecular complexity index is 301. The minimum atomic E-state index is 0.440. The molecular formula is C11H20N4S. The number of nitrogens with zero attached hydrogens (tertiary/aromatic N) is 3. The van der Waals surface area contributed by atoms with Gasteiger partial charge in [-0.2, -0.15) is 11.8 Å². The molecule has 0 radical (unpaired) electrons. The zero-order chi connectivity index (χ0) is 12.0. The number of thioether (sulfide) groups is 1. The van der Waals surface area contributed by atoms with Gasteiger partial charge in [-0.3, -0.25) is 0 Å². The lowest BCUT2D eigenvalue weighted by atomic mass is 10.2. The molecule has 1 rings (SSSR count). The first-order chi connectivity index (χ1) is 7.69. The first kappa shape index (κ1) is 13.3. The van der Waals surface area contributed by atoms with Gasteiger partial charge in [0.2, 0.25) is 5.95 Å². The fourth-order valence-electron chi connectivity index (χ4n) is 1.38. The highest BCUT2D eigenvalue weighted by Gasteiger charge is 2.11. The molecule has 1 atom stereocenters. The minimum Gasteiger partial charge on any atom is -0.340 e. The molecule has 1 heterocycles. The van der Waals surface area contributed by atoms with E-state index in [2.05, 4.69) is 28.0 Å². The predicted octanol–water partition coefficient (Wildman–Crippen LogP) is 1.17. The third-order valence-corrected chi connectivity index (χ3v) is 3.32. The van der Waals surface area contributed by atoms with E-state index in [1.54, 1.807) is 0 Å². The van der Waals surface area contributed by atoms with Crippen LogP contribution in [0.1, 0.15) is 12.5 Å². The summed E-state index contributed by atoms with van der Waals surface area (Å²) in [4.78, 5) is 10.8. The molecule has 1 aromatic rings. The Balaban J connectivity index is 2.65. The average molecular weight is 240 g/mol. The Morgan fingerprint density at radius 1 is 1.44 bits per heavy atom. The molecule has 2 N–H and O–H groups in total. The van der Waals surface area contributed by atoms with Crippen molar-refractivity contribution in [3.05, 3.63) is 18.0 Å². The van der Waals surface area contributed by atoms with Gasteiger partial charge in [0.25, 0.3) is 0 Å². The monoisotopic (exact) mass is 240 g/mol. The Labute approximate surface area is 102 Å². The molecule has 0 spiro atoms. The van der Waals surface area contributed by atoms with E-state index in [4.69, 9.17) is 5.73 Å². The summed E-state index contributed by atoms with van der Waals surface area (Å²) < 4.78 is 0. The largest absolute Gasteiger partial charge is 0.340 e.